The molecular weight excluding hydrogens is 396 g/mol. The number of hydrogen-bond donors (Lipinski definition) is 1. The Morgan fingerprint density at radius 1 is 1.00 bits per heavy atom. The number of rotatable bonds is 6. The van der Waals surface area contributed by atoms with Crippen molar-refractivity contribution in [1.82, 2.24) is 25.0 Å². The highest BCUT2D eigenvalue weighted by molar-refractivity contribution is 7.99. The van der Waals surface area contributed by atoms with Crippen molar-refractivity contribution in [2.24, 2.45) is 0 Å². The van der Waals surface area contributed by atoms with Gasteiger partial charge in [0.2, 0.25) is 0 Å². The van der Waals surface area contributed by atoms with Crippen LogP contribution in [0.15, 0.2) is 76.9 Å². The van der Waals surface area contributed by atoms with Gasteiger partial charge >= 0.3 is 0 Å². The minimum atomic E-state index is -0.299. The molecule has 1 amide bonds. The molecule has 0 spiro atoms. The Balaban J connectivity index is 1.38. The first-order valence-corrected chi connectivity index (χ1v) is 10.2. The Morgan fingerprint density at radius 2 is 1.70 bits per heavy atom. The minimum Gasteiger partial charge on any atom is -0.321 e. The van der Waals surface area contributed by atoms with Gasteiger partial charge in [-0.15, -0.1) is 5.10 Å². The van der Waals surface area contributed by atoms with Crippen LogP contribution in [-0.4, -0.2) is 30.9 Å². The molecule has 0 aliphatic heterocycles. The van der Waals surface area contributed by atoms with Crippen LogP contribution in [0.4, 0.5) is 5.69 Å². The van der Waals surface area contributed by atoms with Gasteiger partial charge in [0.15, 0.2) is 10.9 Å². The number of carbonyl (C=O) groups excluding carboxylic acids is 1. The molecule has 0 saturated heterocycles. The third-order valence-electron chi connectivity index (χ3n) is 4.24. The highest BCUT2D eigenvalue weighted by Gasteiger charge is 2.12. The van der Waals surface area contributed by atoms with Gasteiger partial charge in [-0.3, -0.25) is 4.79 Å². The first-order valence-electron chi connectivity index (χ1n) is 9.41. The van der Waals surface area contributed by atoms with E-state index >= 15 is 0 Å². The zero-order chi connectivity index (χ0) is 20.9. The molecule has 0 atom stereocenters. The second-order valence-electron chi connectivity index (χ2n) is 6.80. The molecule has 8 heteroatoms. The summed E-state index contributed by atoms with van der Waals surface area (Å²) in [7, 11) is 0. The van der Waals surface area contributed by atoms with E-state index < -0.39 is 0 Å². The summed E-state index contributed by atoms with van der Waals surface area (Å²) >= 11 is 1.48. The molecular formula is C22H20N6OS. The molecule has 2 heterocycles. The van der Waals surface area contributed by atoms with E-state index in [4.69, 9.17) is 0 Å². The molecule has 2 aromatic heterocycles. The van der Waals surface area contributed by atoms with Crippen molar-refractivity contribution in [3.63, 3.8) is 0 Å². The van der Waals surface area contributed by atoms with Crippen molar-refractivity contribution >= 4 is 23.4 Å². The molecule has 4 aromatic rings. The lowest BCUT2D eigenvalue weighted by Crippen LogP contribution is -2.12. The van der Waals surface area contributed by atoms with Crippen LogP contribution in [-0.2, 0) is 6.54 Å². The predicted octanol–water partition coefficient (Wildman–Crippen LogP) is 4.14. The normalized spacial score (nSPS) is 10.7. The van der Waals surface area contributed by atoms with Gasteiger partial charge < -0.3 is 5.32 Å². The van der Waals surface area contributed by atoms with E-state index in [1.165, 1.54) is 11.8 Å². The molecule has 150 valence electrons. The number of hydrogen-bond acceptors (Lipinski definition) is 6. The summed E-state index contributed by atoms with van der Waals surface area (Å²) in [4.78, 5) is 22.3. The molecule has 7 nitrogen and oxygen atoms in total. The summed E-state index contributed by atoms with van der Waals surface area (Å²) in [5, 5.41) is 11.6. The summed E-state index contributed by atoms with van der Waals surface area (Å²) in [6, 6.07) is 19.4. The standard InChI is InChI=1S/C22H20N6OS/c1-15-12-16(2)24-22(23-15)30-19-10-8-18(9-11-19)25-21(29)20-14-28(27-26-20)13-17-6-4-3-5-7-17/h3-12,14H,13H2,1-2H3,(H,25,29). The summed E-state index contributed by atoms with van der Waals surface area (Å²) < 4.78 is 1.65. The van der Waals surface area contributed by atoms with Crippen molar-refractivity contribution in [2.75, 3.05) is 5.32 Å². The fourth-order valence-electron chi connectivity index (χ4n) is 2.90. The fraction of sp³-hybridized carbons (Fsp3) is 0.136. The van der Waals surface area contributed by atoms with Gasteiger partial charge in [0.25, 0.3) is 5.91 Å². The Morgan fingerprint density at radius 3 is 2.40 bits per heavy atom. The van der Waals surface area contributed by atoms with Gasteiger partial charge in [-0.2, -0.15) is 0 Å². The Labute approximate surface area is 178 Å². The maximum absolute atomic E-state index is 12.5. The largest absolute Gasteiger partial charge is 0.321 e. The molecule has 0 bridgehead atoms. The molecule has 1 N–H and O–H groups in total. The maximum Gasteiger partial charge on any atom is 0.277 e. The molecule has 0 unspecified atom stereocenters. The predicted molar refractivity (Wildman–Crippen MR) is 116 cm³/mol. The van der Waals surface area contributed by atoms with Crippen molar-refractivity contribution < 1.29 is 4.79 Å². The molecule has 0 aliphatic carbocycles. The molecule has 30 heavy (non-hydrogen) atoms. The molecule has 0 saturated carbocycles. The van der Waals surface area contributed by atoms with Crippen LogP contribution in [0, 0.1) is 13.8 Å². The number of amides is 1. The van der Waals surface area contributed by atoms with Gasteiger partial charge in [0.1, 0.15) is 0 Å². The molecule has 0 fully saturated rings. The van der Waals surface area contributed by atoms with E-state index in [-0.39, 0.29) is 11.6 Å². The summed E-state index contributed by atoms with van der Waals surface area (Å²) in [5.74, 6) is -0.299. The number of anilines is 1. The lowest BCUT2D eigenvalue weighted by atomic mass is 10.2. The van der Waals surface area contributed by atoms with Crippen molar-refractivity contribution in [2.45, 2.75) is 30.4 Å². The number of aryl methyl sites for hydroxylation is 2. The van der Waals surface area contributed by atoms with Gasteiger partial charge in [0.05, 0.1) is 12.7 Å². The quantitative estimate of drug-likeness (QED) is 0.476. The van der Waals surface area contributed by atoms with E-state index in [9.17, 15) is 4.79 Å². The lowest BCUT2D eigenvalue weighted by Gasteiger charge is -2.05. The Hall–Kier alpha value is -3.52. The monoisotopic (exact) mass is 416 g/mol. The lowest BCUT2D eigenvalue weighted by molar-refractivity contribution is 0.102. The van der Waals surface area contributed by atoms with Crippen molar-refractivity contribution in [3.8, 4) is 0 Å². The van der Waals surface area contributed by atoms with Crippen LogP contribution < -0.4 is 5.32 Å². The number of aromatic nitrogens is 5. The van der Waals surface area contributed by atoms with Crippen molar-refractivity contribution in [3.05, 3.63) is 89.5 Å². The number of nitrogens with one attached hydrogen (secondary N) is 1. The highest BCUT2D eigenvalue weighted by Crippen LogP contribution is 2.26. The average molecular weight is 417 g/mol. The summed E-state index contributed by atoms with van der Waals surface area (Å²) in [6.45, 7) is 4.47. The van der Waals surface area contributed by atoms with E-state index in [0.717, 1.165) is 21.8 Å². The molecule has 0 aliphatic rings. The first-order chi connectivity index (χ1) is 14.5. The van der Waals surface area contributed by atoms with E-state index in [0.29, 0.717) is 17.4 Å². The summed E-state index contributed by atoms with van der Waals surface area (Å²) in [6.07, 6.45) is 1.64. The minimum absolute atomic E-state index is 0.271. The second kappa shape index (κ2) is 8.87. The molecule has 0 radical (unpaired) electrons. The van der Waals surface area contributed by atoms with Crippen LogP contribution in [0.1, 0.15) is 27.4 Å². The molecule has 2 aromatic carbocycles. The van der Waals surface area contributed by atoms with E-state index in [1.807, 2.05) is 74.5 Å². The van der Waals surface area contributed by atoms with Gasteiger partial charge in [-0.25, -0.2) is 14.6 Å². The van der Waals surface area contributed by atoms with Crippen LogP contribution in [0.5, 0.6) is 0 Å². The first kappa shape index (κ1) is 19.8. The van der Waals surface area contributed by atoms with E-state index in [1.54, 1.807) is 10.9 Å². The molecule has 4 rings (SSSR count). The van der Waals surface area contributed by atoms with Crippen molar-refractivity contribution in [1.29, 1.82) is 0 Å². The highest BCUT2D eigenvalue weighted by atomic mass is 32.2. The third-order valence-corrected chi connectivity index (χ3v) is 5.11. The SMILES string of the molecule is Cc1cc(C)nc(Sc2ccc(NC(=O)c3cn(Cc4ccccc4)nn3)cc2)n1. The third kappa shape index (κ3) is 5.09. The van der Waals surface area contributed by atoms with Gasteiger partial charge in [-0.1, -0.05) is 35.5 Å². The number of benzene rings is 2. The van der Waals surface area contributed by atoms with Gasteiger partial charge in [-0.05, 0) is 61.5 Å². The number of nitrogens with zero attached hydrogens (tertiary/aromatic N) is 5. The van der Waals surface area contributed by atoms with E-state index in [2.05, 4.69) is 25.6 Å². The Bertz CT molecular complexity index is 1140. The summed E-state index contributed by atoms with van der Waals surface area (Å²) in [5.41, 5.74) is 3.93. The zero-order valence-corrected chi connectivity index (χ0v) is 17.4. The smallest absolute Gasteiger partial charge is 0.277 e. The van der Waals surface area contributed by atoms with Crippen LogP contribution in [0.25, 0.3) is 0 Å². The van der Waals surface area contributed by atoms with Crippen LogP contribution in [0.3, 0.4) is 0 Å². The average Bonchev–Trinajstić information content (AvgIpc) is 3.18. The van der Waals surface area contributed by atoms with Gasteiger partial charge in [0, 0.05) is 22.0 Å². The number of carbonyl (C=O) groups is 1. The second-order valence-corrected chi connectivity index (χ2v) is 7.84. The fourth-order valence-corrected chi connectivity index (χ4v) is 3.76. The van der Waals surface area contributed by atoms with Crippen LogP contribution >= 0.6 is 11.8 Å². The van der Waals surface area contributed by atoms with Crippen LogP contribution in [0.2, 0.25) is 0 Å². The Kier molecular flexibility index (Phi) is 5.85. The topological polar surface area (TPSA) is 85.6 Å². The zero-order valence-electron chi connectivity index (χ0n) is 16.6. The maximum atomic E-state index is 12.5.